The van der Waals surface area contributed by atoms with Crippen LogP contribution in [0.25, 0.3) is 10.2 Å². The van der Waals surface area contributed by atoms with Crippen molar-refractivity contribution >= 4 is 50.7 Å². The largest absolute Gasteiger partial charge is 0.456 e. The maximum absolute atomic E-state index is 12.2. The second-order valence-electron chi connectivity index (χ2n) is 5.75. The quantitative estimate of drug-likeness (QED) is 0.636. The number of fused-ring (bicyclic) bond motifs is 1. The molecule has 2 aromatic heterocycles. The van der Waals surface area contributed by atoms with Crippen molar-refractivity contribution in [3.05, 3.63) is 56.9 Å². The lowest BCUT2D eigenvalue weighted by Gasteiger charge is -2.10. The molecule has 0 aliphatic heterocycles. The summed E-state index contributed by atoms with van der Waals surface area (Å²) in [5.41, 5.74) is 1.09. The van der Waals surface area contributed by atoms with Gasteiger partial charge in [-0.15, -0.1) is 11.3 Å². The third-order valence-electron chi connectivity index (χ3n) is 3.91. The summed E-state index contributed by atoms with van der Waals surface area (Å²) in [6.45, 7) is 1.49. The van der Waals surface area contributed by atoms with Gasteiger partial charge in [0.1, 0.15) is 4.83 Å². The third kappa shape index (κ3) is 4.53. The predicted molar refractivity (Wildman–Crippen MR) is 104 cm³/mol. The Kier molecular flexibility index (Phi) is 5.88. The molecule has 0 aliphatic carbocycles. The van der Waals surface area contributed by atoms with Crippen LogP contribution in [0.15, 0.2) is 40.8 Å². The molecule has 140 valence electrons. The van der Waals surface area contributed by atoms with Gasteiger partial charge in [0.05, 0.1) is 18.1 Å². The molecule has 27 heavy (non-hydrogen) atoms. The number of nitrogens with zero attached hydrogens (tertiary/aromatic N) is 2. The Morgan fingerprint density at radius 1 is 1.33 bits per heavy atom. The molecular formula is C18H16ClN3O4S. The molecule has 1 N–H and O–H groups in total. The number of halogens is 1. The maximum Gasteiger partial charge on any atom is 0.308 e. The van der Waals surface area contributed by atoms with Crippen molar-refractivity contribution in [3.63, 3.8) is 0 Å². The fourth-order valence-corrected chi connectivity index (χ4v) is 3.31. The second-order valence-corrected chi connectivity index (χ2v) is 7.06. The smallest absolute Gasteiger partial charge is 0.308 e. The number of benzene rings is 1. The molecule has 1 amide bonds. The van der Waals surface area contributed by atoms with Gasteiger partial charge in [-0.1, -0.05) is 17.7 Å². The number of aryl methyl sites for hydroxylation is 1. The van der Waals surface area contributed by atoms with E-state index in [0.29, 0.717) is 20.9 Å². The molecule has 3 rings (SSSR count). The predicted octanol–water partition coefficient (Wildman–Crippen LogP) is 2.99. The van der Waals surface area contributed by atoms with Crippen LogP contribution >= 0.6 is 22.9 Å². The van der Waals surface area contributed by atoms with Gasteiger partial charge >= 0.3 is 5.97 Å². The summed E-state index contributed by atoms with van der Waals surface area (Å²) in [6, 6.07) is 6.84. The zero-order chi connectivity index (χ0) is 19.4. The van der Waals surface area contributed by atoms with Crippen LogP contribution < -0.4 is 10.9 Å². The van der Waals surface area contributed by atoms with E-state index in [0.717, 1.165) is 5.56 Å². The minimum absolute atomic E-state index is 0.0410. The van der Waals surface area contributed by atoms with E-state index in [-0.39, 0.29) is 18.5 Å². The van der Waals surface area contributed by atoms with Crippen LogP contribution in [0.2, 0.25) is 5.02 Å². The topological polar surface area (TPSA) is 90.3 Å². The van der Waals surface area contributed by atoms with E-state index < -0.39 is 18.5 Å². The molecule has 0 spiro atoms. The lowest BCUT2D eigenvalue weighted by Crippen LogP contribution is -2.24. The zero-order valence-corrected chi connectivity index (χ0v) is 16.0. The van der Waals surface area contributed by atoms with E-state index >= 15 is 0 Å². The van der Waals surface area contributed by atoms with Gasteiger partial charge < -0.3 is 10.1 Å². The summed E-state index contributed by atoms with van der Waals surface area (Å²) >= 11 is 7.38. The lowest BCUT2D eigenvalue weighted by atomic mass is 10.2. The van der Waals surface area contributed by atoms with Crippen molar-refractivity contribution in [3.8, 4) is 0 Å². The van der Waals surface area contributed by atoms with Gasteiger partial charge in [-0.05, 0) is 36.1 Å². The van der Waals surface area contributed by atoms with Gasteiger partial charge in [0.2, 0.25) is 0 Å². The molecule has 1 aromatic carbocycles. The average molecular weight is 406 g/mol. The molecule has 0 bridgehead atoms. The highest BCUT2D eigenvalue weighted by molar-refractivity contribution is 7.16. The minimum atomic E-state index is -0.578. The van der Waals surface area contributed by atoms with Crippen LogP contribution in [0.5, 0.6) is 0 Å². The number of rotatable bonds is 6. The number of aromatic nitrogens is 2. The molecule has 0 aliphatic rings. The van der Waals surface area contributed by atoms with E-state index in [2.05, 4.69) is 10.3 Å². The van der Waals surface area contributed by atoms with Gasteiger partial charge in [-0.2, -0.15) is 0 Å². The Labute approximate surface area is 163 Å². The van der Waals surface area contributed by atoms with Gasteiger partial charge in [0.15, 0.2) is 6.61 Å². The molecule has 9 heteroatoms. The van der Waals surface area contributed by atoms with Crippen molar-refractivity contribution in [1.29, 1.82) is 0 Å². The maximum atomic E-state index is 12.2. The highest BCUT2D eigenvalue weighted by atomic mass is 35.5. The lowest BCUT2D eigenvalue weighted by molar-refractivity contribution is -0.147. The monoisotopic (exact) mass is 405 g/mol. The fraction of sp³-hybridized carbons (Fsp3) is 0.222. The van der Waals surface area contributed by atoms with Crippen LogP contribution in [0.3, 0.4) is 0 Å². The first kappa shape index (κ1) is 19.1. The number of esters is 1. The van der Waals surface area contributed by atoms with E-state index in [1.807, 2.05) is 0 Å². The van der Waals surface area contributed by atoms with E-state index in [9.17, 15) is 14.4 Å². The Balaban J connectivity index is 1.50. The summed E-state index contributed by atoms with van der Waals surface area (Å²) in [6.07, 6.45) is 1.36. The summed E-state index contributed by atoms with van der Waals surface area (Å²) in [5.74, 6) is -1.04. The summed E-state index contributed by atoms with van der Waals surface area (Å²) in [4.78, 5) is 40.9. The Hall–Kier alpha value is -2.71. The Morgan fingerprint density at radius 3 is 2.96 bits per heavy atom. The van der Waals surface area contributed by atoms with E-state index in [4.69, 9.17) is 16.3 Å². The molecule has 0 atom stereocenters. The average Bonchev–Trinajstić information content (AvgIpc) is 3.13. The molecule has 0 saturated carbocycles. The number of nitrogens with one attached hydrogen (secondary N) is 1. The van der Waals surface area contributed by atoms with Gasteiger partial charge in [-0.3, -0.25) is 19.0 Å². The first-order valence-corrected chi connectivity index (χ1v) is 9.34. The summed E-state index contributed by atoms with van der Waals surface area (Å²) in [7, 11) is 0. The molecule has 0 fully saturated rings. The molecule has 7 nitrogen and oxygen atoms in total. The standard InChI is InChI=1S/C18H16ClN3O4S/c1-11-13(19)3-2-4-14(11)21-15(23)9-26-16(24)5-7-22-10-20-17-12(18(22)25)6-8-27-17/h2-4,6,8,10H,5,7,9H2,1H3,(H,21,23). The van der Waals surface area contributed by atoms with Gasteiger partial charge in [0, 0.05) is 17.3 Å². The molecular weight excluding hydrogens is 390 g/mol. The minimum Gasteiger partial charge on any atom is -0.456 e. The van der Waals surface area contributed by atoms with E-state index in [1.54, 1.807) is 36.6 Å². The third-order valence-corrected chi connectivity index (χ3v) is 5.14. The number of hydrogen-bond donors (Lipinski definition) is 1. The zero-order valence-electron chi connectivity index (χ0n) is 14.4. The van der Waals surface area contributed by atoms with Crippen LogP contribution in [-0.4, -0.2) is 28.0 Å². The van der Waals surface area contributed by atoms with Crippen molar-refractivity contribution in [2.45, 2.75) is 19.9 Å². The molecule has 0 radical (unpaired) electrons. The van der Waals surface area contributed by atoms with Gasteiger partial charge in [0.25, 0.3) is 11.5 Å². The normalized spacial score (nSPS) is 10.7. The molecule has 0 saturated heterocycles. The number of ether oxygens (including phenoxy) is 1. The summed E-state index contributed by atoms with van der Waals surface area (Å²) < 4.78 is 6.32. The molecule has 3 aromatic rings. The fourth-order valence-electron chi connectivity index (χ4n) is 2.41. The molecule has 0 unspecified atom stereocenters. The number of amides is 1. The number of thiophene rings is 1. The van der Waals surface area contributed by atoms with Crippen LogP contribution in [0, 0.1) is 6.92 Å². The van der Waals surface area contributed by atoms with Crippen LogP contribution in [-0.2, 0) is 20.9 Å². The number of hydrogen-bond acceptors (Lipinski definition) is 6. The van der Waals surface area contributed by atoms with Crippen molar-refractivity contribution < 1.29 is 14.3 Å². The first-order chi connectivity index (χ1) is 13.0. The Morgan fingerprint density at radius 2 is 2.15 bits per heavy atom. The van der Waals surface area contributed by atoms with E-state index in [1.165, 1.54) is 22.2 Å². The van der Waals surface area contributed by atoms with Gasteiger partial charge in [-0.25, -0.2) is 4.98 Å². The van der Waals surface area contributed by atoms with Crippen LogP contribution in [0.1, 0.15) is 12.0 Å². The highest BCUT2D eigenvalue weighted by Crippen LogP contribution is 2.22. The SMILES string of the molecule is Cc1c(Cl)cccc1NC(=O)COC(=O)CCn1cnc2sccc2c1=O. The number of carbonyl (C=O) groups is 2. The molecule has 2 heterocycles. The van der Waals surface area contributed by atoms with Crippen molar-refractivity contribution in [2.75, 3.05) is 11.9 Å². The van der Waals surface area contributed by atoms with Crippen molar-refractivity contribution in [1.82, 2.24) is 9.55 Å². The first-order valence-electron chi connectivity index (χ1n) is 8.09. The summed E-state index contributed by atoms with van der Waals surface area (Å²) in [5, 5.41) is 5.49. The second kappa shape index (κ2) is 8.32. The Bertz CT molecular complexity index is 1060. The highest BCUT2D eigenvalue weighted by Gasteiger charge is 2.11. The number of carbonyl (C=O) groups excluding carboxylic acids is 2. The number of anilines is 1. The van der Waals surface area contributed by atoms with Crippen molar-refractivity contribution in [2.24, 2.45) is 0 Å². The van der Waals surface area contributed by atoms with Crippen LogP contribution in [0.4, 0.5) is 5.69 Å².